The molecule has 80 valence electrons. The fraction of sp³-hybridized carbons (Fsp3) is 0. The van der Waals surface area contributed by atoms with Crippen LogP contribution in [0.3, 0.4) is 0 Å². The maximum atomic E-state index is 13.3. The highest BCUT2D eigenvalue weighted by Crippen LogP contribution is 2.27. The van der Waals surface area contributed by atoms with E-state index >= 15 is 0 Å². The SMILES string of the molecule is Fc1c(Cl)nc2c(ccn2SOI)c1F. The lowest BCUT2D eigenvalue weighted by Gasteiger charge is -2.01. The van der Waals surface area contributed by atoms with Crippen molar-refractivity contribution in [3.63, 3.8) is 0 Å². The first kappa shape index (κ1) is 11.4. The van der Waals surface area contributed by atoms with Crippen LogP contribution in [-0.4, -0.2) is 8.96 Å². The van der Waals surface area contributed by atoms with Crippen molar-refractivity contribution in [1.82, 2.24) is 8.96 Å². The fourth-order valence-electron chi connectivity index (χ4n) is 1.13. The number of hydrogen-bond donors (Lipinski definition) is 0. The Bertz CT molecular complexity index is 521. The number of rotatable bonds is 2. The molecule has 2 heterocycles. The molecular formula is C7H2ClF2IN2OS. The lowest BCUT2D eigenvalue weighted by Crippen LogP contribution is -1.93. The molecule has 8 heteroatoms. The standard InChI is InChI=1S/C7H2ClF2IN2OS/c8-6-5(10)4(9)3-1-2-13(15-14-11)7(3)12-6/h1-2H. The van der Waals surface area contributed by atoms with E-state index in [1.807, 2.05) is 0 Å². The smallest absolute Gasteiger partial charge is 0.196 e. The van der Waals surface area contributed by atoms with E-state index in [9.17, 15) is 8.78 Å². The number of nitrogens with zero attached hydrogens (tertiary/aromatic N) is 2. The van der Waals surface area contributed by atoms with Crippen LogP contribution in [0.2, 0.25) is 5.15 Å². The van der Waals surface area contributed by atoms with Crippen LogP contribution in [0, 0.1) is 11.6 Å². The van der Waals surface area contributed by atoms with Gasteiger partial charge in [-0.1, -0.05) is 11.6 Å². The molecule has 15 heavy (non-hydrogen) atoms. The molecule has 0 amide bonds. The number of halogens is 4. The summed E-state index contributed by atoms with van der Waals surface area (Å²) >= 11 is 8.02. The molecule has 0 aliphatic rings. The monoisotopic (exact) mass is 362 g/mol. The molecule has 0 spiro atoms. The molecule has 2 aromatic rings. The predicted molar refractivity (Wildman–Crippen MR) is 62.8 cm³/mol. The molecule has 0 unspecified atom stereocenters. The van der Waals surface area contributed by atoms with Crippen LogP contribution < -0.4 is 0 Å². The zero-order chi connectivity index (χ0) is 11.0. The van der Waals surface area contributed by atoms with Gasteiger partial charge in [-0.2, -0.15) is 0 Å². The third kappa shape index (κ3) is 1.93. The molecule has 0 aromatic carbocycles. The second-order valence-corrected chi connectivity index (χ2v) is 4.65. The van der Waals surface area contributed by atoms with Crippen LogP contribution in [0.4, 0.5) is 8.78 Å². The molecule has 0 saturated heterocycles. The summed E-state index contributed by atoms with van der Waals surface area (Å²) in [6.07, 6.45) is 1.51. The molecule has 0 N–H and O–H groups in total. The van der Waals surface area contributed by atoms with Crippen LogP contribution in [-0.2, 0) is 2.51 Å². The van der Waals surface area contributed by atoms with Crippen LogP contribution in [0.25, 0.3) is 11.0 Å². The van der Waals surface area contributed by atoms with Crippen molar-refractivity contribution < 1.29 is 11.3 Å². The molecule has 0 fully saturated rings. The summed E-state index contributed by atoms with van der Waals surface area (Å²) in [5, 5.41) is -0.424. The quantitative estimate of drug-likeness (QED) is 0.463. The first-order chi connectivity index (χ1) is 7.15. The van der Waals surface area contributed by atoms with Crippen LogP contribution in [0.1, 0.15) is 0 Å². The number of pyridine rings is 1. The summed E-state index contributed by atoms with van der Waals surface area (Å²) in [6.45, 7) is 0. The van der Waals surface area contributed by atoms with E-state index in [2.05, 4.69) is 4.98 Å². The summed E-state index contributed by atoms with van der Waals surface area (Å²) in [6, 6.07) is 1.40. The molecule has 0 radical (unpaired) electrons. The average Bonchev–Trinajstić information content (AvgIpc) is 2.59. The summed E-state index contributed by atoms with van der Waals surface area (Å²) < 4.78 is 32.6. The van der Waals surface area contributed by atoms with E-state index in [1.165, 1.54) is 16.2 Å². The molecule has 3 nitrogen and oxygen atoms in total. The minimum absolute atomic E-state index is 0.0675. The van der Waals surface area contributed by atoms with E-state index in [-0.39, 0.29) is 11.0 Å². The second kappa shape index (κ2) is 4.40. The lowest BCUT2D eigenvalue weighted by molar-refractivity contribution is 0.513. The van der Waals surface area contributed by atoms with Crippen molar-refractivity contribution in [2.75, 3.05) is 0 Å². The van der Waals surface area contributed by atoms with Gasteiger partial charge in [-0.25, -0.2) is 16.3 Å². The van der Waals surface area contributed by atoms with Crippen LogP contribution in [0.5, 0.6) is 0 Å². The van der Waals surface area contributed by atoms with E-state index in [4.69, 9.17) is 14.1 Å². The van der Waals surface area contributed by atoms with Gasteiger partial charge in [0.05, 0.1) is 5.39 Å². The molecule has 0 aliphatic carbocycles. The van der Waals surface area contributed by atoms with Crippen molar-refractivity contribution in [2.45, 2.75) is 0 Å². The largest absolute Gasteiger partial charge is 0.251 e. The van der Waals surface area contributed by atoms with Gasteiger partial charge in [-0.3, -0.25) is 3.97 Å². The van der Waals surface area contributed by atoms with Gasteiger partial charge in [0.15, 0.2) is 22.4 Å². The van der Waals surface area contributed by atoms with Gasteiger partial charge in [0, 0.05) is 6.20 Å². The maximum Gasteiger partial charge on any atom is 0.196 e. The van der Waals surface area contributed by atoms with E-state index in [0.717, 1.165) is 12.2 Å². The number of fused-ring (bicyclic) bond motifs is 1. The van der Waals surface area contributed by atoms with Crippen LogP contribution in [0.15, 0.2) is 12.3 Å². The van der Waals surface area contributed by atoms with Crippen molar-refractivity contribution in [1.29, 1.82) is 0 Å². The van der Waals surface area contributed by atoms with E-state index < -0.39 is 16.8 Å². The first-order valence-corrected chi connectivity index (χ1v) is 5.58. The summed E-state index contributed by atoms with van der Waals surface area (Å²) in [5.74, 6) is -2.14. The Labute approximate surface area is 107 Å². The maximum absolute atomic E-state index is 13.3. The Morgan fingerprint density at radius 2 is 2.20 bits per heavy atom. The van der Waals surface area contributed by atoms with Gasteiger partial charge >= 0.3 is 0 Å². The van der Waals surface area contributed by atoms with Gasteiger partial charge in [0.2, 0.25) is 0 Å². The highest BCUT2D eigenvalue weighted by molar-refractivity contribution is 14.1. The van der Waals surface area contributed by atoms with Gasteiger partial charge in [0.25, 0.3) is 0 Å². The molecule has 0 aliphatic heterocycles. The average molecular weight is 363 g/mol. The van der Waals surface area contributed by atoms with E-state index in [0.29, 0.717) is 0 Å². The fourth-order valence-corrected chi connectivity index (χ4v) is 2.19. The molecule has 2 aromatic heterocycles. The van der Waals surface area contributed by atoms with Crippen molar-refractivity contribution >= 4 is 57.9 Å². The Balaban J connectivity index is 2.71. The topological polar surface area (TPSA) is 27.1 Å². The Kier molecular flexibility index (Phi) is 3.33. The van der Waals surface area contributed by atoms with Gasteiger partial charge < -0.3 is 0 Å². The van der Waals surface area contributed by atoms with Crippen molar-refractivity contribution in [2.24, 2.45) is 0 Å². The third-order valence-corrected chi connectivity index (χ3v) is 2.99. The second-order valence-electron chi connectivity index (χ2n) is 2.55. The number of aromatic nitrogens is 2. The molecular weight excluding hydrogens is 361 g/mol. The zero-order valence-electron chi connectivity index (χ0n) is 6.88. The highest BCUT2D eigenvalue weighted by Gasteiger charge is 2.16. The third-order valence-electron chi connectivity index (χ3n) is 1.75. The lowest BCUT2D eigenvalue weighted by atomic mass is 10.3. The zero-order valence-corrected chi connectivity index (χ0v) is 10.6. The Morgan fingerprint density at radius 3 is 2.87 bits per heavy atom. The molecule has 2 rings (SSSR count). The van der Waals surface area contributed by atoms with Crippen molar-refractivity contribution in [3.05, 3.63) is 29.1 Å². The molecule has 0 atom stereocenters. The van der Waals surface area contributed by atoms with Gasteiger partial charge in [-0.05, 0) is 6.07 Å². The minimum atomic E-state index is -1.14. The number of hydrogen-bond acceptors (Lipinski definition) is 3. The minimum Gasteiger partial charge on any atom is -0.251 e. The van der Waals surface area contributed by atoms with Gasteiger partial charge in [0.1, 0.15) is 35.2 Å². The predicted octanol–water partition coefficient (Wildman–Crippen LogP) is 3.75. The molecule has 0 saturated carbocycles. The Hall–Kier alpha value is -0.120. The Morgan fingerprint density at radius 1 is 1.47 bits per heavy atom. The van der Waals surface area contributed by atoms with E-state index in [1.54, 1.807) is 23.0 Å². The normalized spacial score (nSPS) is 11.2. The van der Waals surface area contributed by atoms with Gasteiger partial charge in [-0.15, -0.1) is 0 Å². The summed E-state index contributed by atoms with van der Waals surface area (Å²) in [7, 11) is 0. The molecule has 0 bridgehead atoms. The van der Waals surface area contributed by atoms with Crippen LogP contribution >= 0.6 is 46.8 Å². The summed E-state index contributed by atoms with van der Waals surface area (Å²) in [4.78, 5) is 3.72. The summed E-state index contributed by atoms with van der Waals surface area (Å²) in [5.41, 5.74) is 0.223. The highest BCUT2D eigenvalue weighted by atomic mass is 127. The van der Waals surface area contributed by atoms with Crippen molar-refractivity contribution in [3.8, 4) is 0 Å². The first-order valence-electron chi connectivity index (χ1n) is 3.62.